The van der Waals surface area contributed by atoms with Crippen LogP contribution < -0.4 is 20.9 Å². The van der Waals surface area contributed by atoms with Gasteiger partial charge >= 0.3 is 0 Å². The molecule has 5 atom stereocenters. The van der Waals surface area contributed by atoms with Gasteiger partial charge in [-0.1, -0.05) is 26.8 Å². The van der Waals surface area contributed by atoms with E-state index in [2.05, 4.69) is 36.4 Å². The number of methoxy groups -OCH3 is 1. The number of carbonyl (C=O) groups is 1. The van der Waals surface area contributed by atoms with E-state index in [0.29, 0.717) is 69.3 Å². The number of hydrogen-bond acceptors (Lipinski definition) is 6. The first-order valence-electron chi connectivity index (χ1n) is 17.2. The molecule has 2 aromatic carbocycles. The van der Waals surface area contributed by atoms with E-state index in [1.54, 1.807) is 41.2 Å². The van der Waals surface area contributed by atoms with Crippen LogP contribution in [0.3, 0.4) is 0 Å². The van der Waals surface area contributed by atoms with Crippen molar-refractivity contribution in [3.8, 4) is 17.1 Å². The van der Waals surface area contributed by atoms with Gasteiger partial charge in [0.1, 0.15) is 17.4 Å². The molecule has 1 saturated heterocycles. The van der Waals surface area contributed by atoms with Crippen LogP contribution in [0.2, 0.25) is 0 Å². The number of aliphatic imine (C=N–C) groups is 1. The number of anilines is 1. The predicted molar refractivity (Wildman–Crippen MR) is 189 cm³/mol. The van der Waals surface area contributed by atoms with Gasteiger partial charge in [0.25, 0.3) is 5.56 Å². The average Bonchev–Trinajstić information content (AvgIpc) is 3.08. The number of pyridine rings is 1. The summed E-state index contributed by atoms with van der Waals surface area (Å²) in [6, 6.07) is 14.0. The minimum atomic E-state index is -0.388. The van der Waals surface area contributed by atoms with Crippen molar-refractivity contribution < 1.29 is 13.9 Å². The zero-order chi connectivity index (χ0) is 34.4. The Morgan fingerprint density at radius 1 is 1.14 bits per heavy atom. The Bertz CT molecular complexity index is 1980. The van der Waals surface area contributed by atoms with Gasteiger partial charge in [-0.2, -0.15) is 0 Å². The van der Waals surface area contributed by atoms with E-state index in [0.717, 1.165) is 12.1 Å². The first kappa shape index (κ1) is 32.7. The van der Waals surface area contributed by atoms with Crippen LogP contribution in [0, 0.1) is 29.0 Å². The number of halogens is 1. The summed E-state index contributed by atoms with van der Waals surface area (Å²) in [5.41, 5.74) is 2.51. The SMILES string of the molecule is COc1ccc(CCn2c(-c3cccnc3)nc3cc(NC(=NC4C[C@@H]5C[C@H]([C@@H]4C)C5(C)C)N4CC(=O)N[C@@H](C)C4)ccc3c2=O)c(F)c1. The number of nitrogens with zero attached hydrogens (tertiary/aromatic N) is 5. The average molecular weight is 666 g/mol. The summed E-state index contributed by atoms with van der Waals surface area (Å²) in [6.07, 6.45) is 5.91. The number of benzene rings is 2. The summed E-state index contributed by atoms with van der Waals surface area (Å²) in [5.74, 6) is 2.83. The highest BCUT2D eigenvalue weighted by Crippen LogP contribution is 2.61. The van der Waals surface area contributed by atoms with E-state index in [1.807, 2.05) is 30.0 Å². The molecule has 49 heavy (non-hydrogen) atoms. The number of ether oxygens (including phenoxy) is 1. The number of guanidine groups is 1. The molecule has 4 aliphatic rings. The third kappa shape index (κ3) is 6.26. The summed E-state index contributed by atoms with van der Waals surface area (Å²) >= 11 is 0. The van der Waals surface area contributed by atoms with Gasteiger partial charge < -0.3 is 20.3 Å². The lowest BCUT2D eigenvalue weighted by Crippen LogP contribution is -2.58. The lowest BCUT2D eigenvalue weighted by atomic mass is 9.45. The highest BCUT2D eigenvalue weighted by atomic mass is 19.1. The Labute approximate surface area is 285 Å². The molecular formula is C38H44FN7O3. The number of piperazine rings is 1. The van der Waals surface area contributed by atoms with E-state index >= 15 is 0 Å². The molecule has 2 bridgehead atoms. The number of hydrogen-bond donors (Lipinski definition) is 2. The molecule has 8 rings (SSSR count). The molecule has 1 unspecified atom stereocenters. The molecule has 3 heterocycles. The fourth-order valence-electron chi connectivity index (χ4n) is 8.18. The first-order chi connectivity index (χ1) is 23.5. The number of aromatic nitrogens is 3. The van der Waals surface area contributed by atoms with Gasteiger partial charge in [-0.3, -0.25) is 19.1 Å². The van der Waals surface area contributed by atoms with E-state index in [-0.39, 0.29) is 48.9 Å². The maximum Gasteiger partial charge on any atom is 0.261 e. The van der Waals surface area contributed by atoms with Crippen molar-refractivity contribution in [1.29, 1.82) is 0 Å². The molecule has 2 N–H and O–H groups in total. The highest BCUT2D eigenvalue weighted by Gasteiger charge is 2.56. The standard InChI is InChI=1S/C38H44FN7O3/c1-22-20-45(21-34(47)41-22)37(44-32-16-26-15-30(23(32)2)38(26,3)4)42-27-9-11-29-33(17-27)43-35(25-7-6-13-40-19-25)46(36(29)48)14-12-24-8-10-28(49-5)18-31(24)39/h6-11,13,17-19,22-23,26,30,32H,12,14-16,20-21H2,1-5H3,(H,41,47)(H,42,44)/t22-,23-,26-,30+,32?/m0/s1. The van der Waals surface area contributed by atoms with E-state index in [1.165, 1.54) is 19.6 Å². The van der Waals surface area contributed by atoms with Gasteiger partial charge in [0, 0.05) is 48.8 Å². The maximum absolute atomic E-state index is 14.8. The van der Waals surface area contributed by atoms with Gasteiger partial charge in [-0.15, -0.1) is 0 Å². The van der Waals surface area contributed by atoms with Crippen molar-refractivity contribution in [2.75, 3.05) is 25.5 Å². The monoisotopic (exact) mass is 665 g/mol. The minimum absolute atomic E-state index is 0.0190. The predicted octanol–water partition coefficient (Wildman–Crippen LogP) is 5.51. The van der Waals surface area contributed by atoms with Crippen LogP contribution >= 0.6 is 0 Å². The van der Waals surface area contributed by atoms with Crippen molar-refractivity contribution in [3.05, 3.63) is 82.7 Å². The Morgan fingerprint density at radius 3 is 2.67 bits per heavy atom. The molecule has 1 amide bonds. The van der Waals surface area contributed by atoms with Crippen LogP contribution in [0.1, 0.15) is 46.1 Å². The van der Waals surface area contributed by atoms with Crippen molar-refractivity contribution in [2.45, 2.75) is 65.6 Å². The molecule has 11 heteroatoms. The largest absolute Gasteiger partial charge is 0.497 e. The molecule has 1 aliphatic heterocycles. The summed E-state index contributed by atoms with van der Waals surface area (Å²) in [5, 5.41) is 6.99. The second-order valence-electron chi connectivity index (χ2n) is 14.5. The second-order valence-corrected chi connectivity index (χ2v) is 14.5. The molecule has 10 nitrogen and oxygen atoms in total. The van der Waals surface area contributed by atoms with E-state index in [9.17, 15) is 14.0 Å². The van der Waals surface area contributed by atoms with Crippen LogP contribution in [0.25, 0.3) is 22.3 Å². The van der Waals surface area contributed by atoms with Gasteiger partial charge in [-0.25, -0.2) is 14.4 Å². The third-order valence-electron chi connectivity index (χ3n) is 11.1. The topological polar surface area (TPSA) is 114 Å². The van der Waals surface area contributed by atoms with E-state index < -0.39 is 0 Å². The lowest BCUT2D eigenvalue weighted by molar-refractivity contribution is -0.124. The molecule has 3 aliphatic carbocycles. The smallest absolute Gasteiger partial charge is 0.261 e. The number of amides is 1. The Balaban J connectivity index is 1.24. The summed E-state index contributed by atoms with van der Waals surface area (Å²) in [4.78, 5) is 43.3. The molecule has 4 fully saturated rings. The van der Waals surface area contributed by atoms with Crippen molar-refractivity contribution in [3.63, 3.8) is 0 Å². The highest BCUT2D eigenvalue weighted by molar-refractivity contribution is 5.98. The van der Waals surface area contributed by atoms with Gasteiger partial charge in [0.15, 0.2) is 5.96 Å². The summed E-state index contributed by atoms with van der Waals surface area (Å²) in [7, 11) is 1.50. The molecule has 0 spiro atoms. The number of fused-ring (bicyclic) bond motifs is 3. The number of aryl methyl sites for hydroxylation is 1. The number of carbonyl (C=O) groups excluding carboxylic acids is 1. The molecule has 256 valence electrons. The molecule has 3 saturated carbocycles. The molecule has 2 aromatic heterocycles. The van der Waals surface area contributed by atoms with Gasteiger partial charge in [-0.05, 0) is 91.3 Å². The normalized spacial score (nSPS) is 24.7. The van der Waals surface area contributed by atoms with Crippen LogP contribution in [-0.2, 0) is 17.8 Å². The lowest BCUT2D eigenvalue weighted by Gasteiger charge is -2.61. The Hall–Kier alpha value is -4.80. The van der Waals surface area contributed by atoms with Crippen molar-refractivity contribution in [1.82, 2.24) is 24.8 Å². The maximum atomic E-state index is 14.8. The van der Waals surface area contributed by atoms with Gasteiger partial charge in [0.2, 0.25) is 5.91 Å². The van der Waals surface area contributed by atoms with Crippen LogP contribution in [-0.4, -0.2) is 63.6 Å². The van der Waals surface area contributed by atoms with E-state index in [4.69, 9.17) is 14.7 Å². The minimum Gasteiger partial charge on any atom is -0.497 e. The summed E-state index contributed by atoms with van der Waals surface area (Å²) in [6.45, 7) is 10.1. The zero-order valence-corrected chi connectivity index (χ0v) is 28.7. The van der Waals surface area contributed by atoms with Crippen LogP contribution in [0.5, 0.6) is 5.75 Å². The first-order valence-corrected chi connectivity index (χ1v) is 17.2. The third-order valence-corrected chi connectivity index (χ3v) is 11.1. The fourth-order valence-corrected chi connectivity index (χ4v) is 8.18. The Morgan fingerprint density at radius 2 is 1.98 bits per heavy atom. The summed E-state index contributed by atoms with van der Waals surface area (Å²) < 4.78 is 21.6. The van der Waals surface area contributed by atoms with Crippen molar-refractivity contribution in [2.24, 2.45) is 28.2 Å². The fraction of sp³-hybridized carbons (Fsp3) is 0.447. The van der Waals surface area contributed by atoms with Crippen LogP contribution in [0.15, 0.2) is 70.7 Å². The number of rotatable bonds is 7. The molecular weight excluding hydrogens is 621 g/mol. The second kappa shape index (κ2) is 12.9. The van der Waals surface area contributed by atoms with Crippen molar-refractivity contribution >= 4 is 28.5 Å². The molecule has 4 aromatic rings. The zero-order valence-electron chi connectivity index (χ0n) is 28.7. The quantitative estimate of drug-likeness (QED) is 0.198. The number of nitrogens with one attached hydrogen (secondary N) is 2. The van der Waals surface area contributed by atoms with Crippen LogP contribution in [0.4, 0.5) is 10.1 Å². The van der Waals surface area contributed by atoms with Gasteiger partial charge in [0.05, 0.1) is 30.6 Å². The molecule has 0 radical (unpaired) electrons. The Kier molecular flexibility index (Phi) is 8.62.